The van der Waals surface area contributed by atoms with E-state index in [2.05, 4.69) is 0 Å². The minimum Gasteiger partial charge on any atom is -0.388 e. The number of benzene rings is 1. The van der Waals surface area contributed by atoms with Crippen molar-refractivity contribution >= 4 is 0 Å². The van der Waals surface area contributed by atoms with E-state index in [4.69, 9.17) is 0 Å². The molecule has 0 aliphatic heterocycles. The summed E-state index contributed by atoms with van der Waals surface area (Å²) < 4.78 is 26.2. The SMILES string of the molecule is CC1(C)Cc2c(F)cc(F)cc2C1O. The van der Waals surface area contributed by atoms with E-state index in [0.29, 0.717) is 17.5 Å². The Hall–Kier alpha value is -0.960. The Morgan fingerprint density at radius 2 is 2.00 bits per heavy atom. The van der Waals surface area contributed by atoms with Gasteiger partial charge in [-0.3, -0.25) is 0 Å². The van der Waals surface area contributed by atoms with Crippen LogP contribution in [0.5, 0.6) is 0 Å². The van der Waals surface area contributed by atoms with Crippen LogP contribution in [0.3, 0.4) is 0 Å². The number of aliphatic hydroxyl groups excluding tert-OH is 1. The van der Waals surface area contributed by atoms with Crippen molar-refractivity contribution in [3.8, 4) is 0 Å². The predicted molar refractivity (Wildman–Crippen MR) is 48.8 cm³/mol. The molecule has 0 radical (unpaired) electrons. The highest BCUT2D eigenvalue weighted by Crippen LogP contribution is 2.45. The number of halogens is 2. The van der Waals surface area contributed by atoms with Crippen LogP contribution in [0.2, 0.25) is 0 Å². The fraction of sp³-hybridized carbons (Fsp3) is 0.455. The molecule has 0 spiro atoms. The van der Waals surface area contributed by atoms with Gasteiger partial charge in [-0.15, -0.1) is 0 Å². The van der Waals surface area contributed by atoms with Gasteiger partial charge < -0.3 is 5.11 Å². The van der Waals surface area contributed by atoms with Gasteiger partial charge in [0.05, 0.1) is 6.10 Å². The molecule has 76 valence electrons. The van der Waals surface area contributed by atoms with Crippen molar-refractivity contribution < 1.29 is 13.9 Å². The smallest absolute Gasteiger partial charge is 0.129 e. The van der Waals surface area contributed by atoms with Crippen LogP contribution >= 0.6 is 0 Å². The zero-order valence-electron chi connectivity index (χ0n) is 8.14. The standard InChI is InChI=1S/C11H12F2O/c1-11(2)5-8-7(10(11)14)3-6(12)4-9(8)13/h3-4,10,14H,5H2,1-2H3. The molecule has 1 unspecified atom stereocenters. The summed E-state index contributed by atoms with van der Waals surface area (Å²) >= 11 is 0. The van der Waals surface area contributed by atoms with Crippen LogP contribution in [0.15, 0.2) is 12.1 Å². The van der Waals surface area contributed by atoms with Gasteiger partial charge in [0.1, 0.15) is 11.6 Å². The van der Waals surface area contributed by atoms with Crippen LogP contribution in [-0.2, 0) is 6.42 Å². The molecule has 1 N–H and O–H groups in total. The van der Waals surface area contributed by atoms with Crippen LogP contribution in [-0.4, -0.2) is 5.11 Å². The summed E-state index contributed by atoms with van der Waals surface area (Å²) in [5.74, 6) is -1.18. The van der Waals surface area contributed by atoms with Crippen molar-refractivity contribution in [1.29, 1.82) is 0 Å². The van der Waals surface area contributed by atoms with Gasteiger partial charge in [-0.2, -0.15) is 0 Å². The van der Waals surface area contributed by atoms with Gasteiger partial charge in [0, 0.05) is 6.07 Å². The first-order valence-electron chi connectivity index (χ1n) is 4.58. The molecule has 0 bridgehead atoms. The van der Waals surface area contributed by atoms with Crippen LogP contribution in [0.25, 0.3) is 0 Å². The Kier molecular flexibility index (Phi) is 1.89. The molecular formula is C11H12F2O. The van der Waals surface area contributed by atoms with Crippen molar-refractivity contribution in [2.24, 2.45) is 5.41 Å². The molecule has 1 aliphatic carbocycles. The minimum atomic E-state index is -0.775. The Morgan fingerprint density at radius 1 is 1.36 bits per heavy atom. The van der Waals surface area contributed by atoms with Crippen molar-refractivity contribution in [2.45, 2.75) is 26.4 Å². The van der Waals surface area contributed by atoms with Crippen LogP contribution in [0.4, 0.5) is 8.78 Å². The highest BCUT2D eigenvalue weighted by atomic mass is 19.1. The molecule has 0 fully saturated rings. The lowest BCUT2D eigenvalue weighted by Gasteiger charge is -2.22. The molecule has 0 saturated heterocycles. The second kappa shape index (κ2) is 2.76. The molecule has 1 aromatic rings. The zero-order valence-corrected chi connectivity index (χ0v) is 8.14. The van der Waals surface area contributed by atoms with Crippen molar-refractivity contribution in [1.82, 2.24) is 0 Å². The van der Waals surface area contributed by atoms with Crippen molar-refractivity contribution in [3.63, 3.8) is 0 Å². The molecule has 3 heteroatoms. The Labute approximate surface area is 81.4 Å². The topological polar surface area (TPSA) is 20.2 Å². The average Bonchev–Trinajstić information content (AvgIpc) is 2.28. The van der Waals surface area contributed by atoms with Crippen LogP contribution in [0.1, 0.15) is 31.1 Å². The summed E-state index contributed by atoms with van der Waals surface area (Å²) in [6.45, 7) is 3.68. The monoisotopic (exact) mass is 198 g/mol. The average molecular weight is 198 g/mol. The Balaban J connectivity index is 2.59. The maximum atomic E-state index is 13.3. The third-order valence-electron chi connectivity index (χ3n) is 2.86. The van der Waals surface area contributed by atoms with Gasteiger partial charge in [-0.05, 0) is 29.0 Å². The Morgan fingerprint density at radius 3 is 2.64 bits per heavy atom. The van der Waals surface area contributed by atoms with Gasteiger partial charge in [-0.25, -0.2) is 8.78 Å². The molecule has 1 aromatic carbocycles. The third-order valence-corrected chi connectivity index (χ3v) is 2.86. The van der Waals surface area contributed by atoms with Crippen molar-refractivity contribution in [2.75, 3.05) is 0 Å². The van der Waals surface area contributed by atoms with E-state index in [1.165, 1.54) is 6.07 Å². The largest absolute Gasteiger partial charge is 0.388 e. The molecule has 0 saturated carbocycles. The van der Waals surface area contributed by atoms with E-state index in [1.54, 1.807) is 0 Å². The van der Waals surface area contributed by atoms with Gasteiger partial charge in [-0.1, -0.05) is 13.8 Å². The van der Waals surface area contributed by atoms with Crippen molar-refractivity contribution in [3.05, 3.63) is 34.9 Å². The molecule has 0 amide bonds. The fourth-order valence-corrected chi connectivity index (χ4v) is 2.03. The van der Waals surface area contributed by atoms with Crippen LogP contribution in [0, 0.1) is 17.0 Å². The van der Waals surface area contributed by atoms with E-state index < -0.39 is 23.2 Å². The molecule has 1 atom stereocenters. The highest BCUT2D eigenvalue weighted by molar-refractivity contribution is 5.37. The van der Waals surface area contributed by atoms with Crippen LogP contribution < -0.4 is 0 Å². The number of hydrogen-bond donors (Lipinski definition) is 1. The van der Waals surface area contributed by atoms with E-state index in [-0.39, 0.29) is 0 Å². The van der Waals surface area contributed by atoms with Gasteiger partial charge in [0.25, 0.3) is 0 Å². The summed E-state index contributed by atoms with van der Waals surface area (Å²) in [6.07, 6.45) is -0.321. The summed E-state index contributed by atoms with van der Waals surface area (Å²) in [4.78, 5) is 0. The maximum Gasteiger partial charge on any atom is 0.129 e. The minimum absolute atomic E-state index is 0.396. The number of hydrogen-bond acceptors (Lipinski definition) is 1. The second-order valence-corrected chi connectivity index (χ2v) is 4.52. The first-order chi connectivity index (χ1) is 6.42. The third kappa shape index (κ3) is 1.23. The molecule has 14 heavy (non-hydrogen) atoms. The summed E-state index contributed by atoms with van der Waals surface area (Å²) in [5.41, 5.74) is 0.438. The van der Waals surface area contributed by atoms with E-state index in [1.807, 2.05) is 13.8 Å². The Bertz CT molecular complexity index is 385. The molecule has 2 rings (SSSR count). The summed E-state index contributed by atoms with van der Waals surface area (Å²) in [5, 5.41) is 9.82. The number of fused-ring (bicyclic) bond motifs is 1. The van der Waals surface area contributed by atoms with E-state index in [0.717, 1.165) is 6.07 Å². The first-order valence-corrected chi connectivity index (χ1v) is 4.58. The zero-order chi connectivity index (χ0) is 10.5. The van der Waals surface area contributed by atoms with Gasteiger partial charge in [0.15, 0.2) is 0 Å². The van der Waals surface area contributed by atoms with Gasteiger partial charge >= 0.3 is 0 Å². The second-order valence-electron chi connectivity index (χ2n) is 4.52. The normalized spacial score (nSPS) is 23.6. The number of aliphatic hydroxyl groups is 1. The molecule has 1 nitrogen and oxygen atoms in total. The molecule has 0 heterocycles. The molecular weight excluding hydrogens is 186 g/mol. The maximum absolute atomic E-state index is 13.3. The van der Waals surface area contributed by atoms with E-state index in [9.17, 15) is 13.9 Å². The van der Waals surface area contributed by atoms with E-state index >= 15 is 0 Å². The summed E-state index contributed by atoms with van der Waals surface area (Å²) in [6, 6.07) is 2.09. The lowest BCUT2D eigenvalue weighted by molar-refractivity contribution is 0.0664. The quantitative estimate of drug-likeness (QED) is 0.679. The first kappa shape index (κ1) is 9.59. The van der Waals surface area contributed by atoms with Gasteiger partial charge in [0.2, 0.25) is 0 Å². The molecule has 0 aromatic heterocycles. The fourth-order valence-electron chi connectivity index (χ4n) is 2.03. The lowest BCUT2D eigenvalue weighted by atomic mass is 9.87. The summed E-state index contributed by atoms with van der Waals surface area (Å²) in [7, 11) is 0. The molecule has 1 aliphatic rings. The lowest BCUT2D eigenvalue weighted by Crippen LogP contribution is -2.16. The number of rotatable bonds is 0. The highest BCUT2D eigenvalue weighted by Gasteiger charge is 2.39. The predicted octanol–water partition coefficient (Wildman–Crippen LogP) is 2.58.